The average molecular weight is 299 g/mol. The zero-order chi connectivity index (χ0) is 14.8. The van der Waals surface area contributed by atoms with Gasteiger partial charge in [0.05, 0.1) is 27.9 Å². The van der Waals surface area contributed by atoms with Crippen molar-refractivity contribution < 1.29 is 14.3 Å². The summed E-state index contributed by atoms with van der Waals surface area (Å²) >= 11 is 1.65. The molecule has 0 saturated heterocycles. The van der Waals surface area contributed by atoms with E-state index in [1.807, 2.05) is 25.1 Å². The number of nitrogens with zero attached hydrogens (tertiary/aromatic N) is 1. The minimum atomic E-state index is -0.383. The van der Waals surface area contributed by atoms with Crippen LogP contribution in [0.2, 0.25) is 0 Å². The van der Waals surface area contributed by atoms with Crippen LogP contribution in [0, 0.1) is 6.92 Å². The molecule has 0 aliphatic rings. The Morgan fingerprint density at radius 2 is 1.95 bits per heavy atom. The molecule has 21 heavy (non-hydrogen) atoms. The van der Waals surface area contributed by atoms with E-state index in [1.54, 1.807) is 35.6 Å². The van der Waals surface area contributed by atoms with Gasteiger partial charge < -0.3 is 9.47 Å². The van der Waals surface area contributed by atoms with Crippen molar-refractivity contribution in [2.45, 2.75) is 6.92 Å². The monoisotopic (exact) mass is 299 g/mol. The molecule has 0 atom stereocenters. The van der Waals surface area contributed by atoms with Crippen LogP contribution >= 0.6 is 11.3 Å². The van der Waals surface area contributed by atoms with Crippen molar-refractivity contribution in [1.29, 1.82) is 0 Å². The average Bonchev–Trinajstić information content (AvgIpc) is 2.86. The van der Waals surface area contributed by atoms with E-state index < -0.39 is 0 Å². The van der Waals surface area contributed by atoms with Gasteiger partial charge in [-0.2, -0.15) is 0 Å². The minimum Gasteiger partial charge on any atom is -0.465 e. The molecule has 1 aromatic heterocycles. The molecule has 3 rings (SSSR count). The van der Waals surface area contributed by atoms with Crippen molar-refractivity contribution >= 4 is 27.5 Å². The summed E-state index contributed by atoms with van der Waals surface area (Å²) in [5, 5.41) is 1.02. The van der Waals surface area contributed by atoms with Crippen molar-refractivity contribution in [2.75, 3.05) is 7.11 Å². The third kappa shape index (κ3) is 2.87. The molecule has 0 radical (unpaired) electrons. The number of carbonyl (C=O) groups excluding carboxylic acids is 1. The molecule has 5 heteroatoms. The summed E-state index contributed by atoms with van der Waals surface area (Å²) in [5.41, 5.74) is 1.37. The van der Waals surface area contributed by atoms with Crippen LogP contribution in [-0.2, 0) is 4.74 Å². The smallest absolute Gasteiger partial charge is 0.337 e. The molecule has 0 spiro atoms. The maximum absolute atomic E-state index is 11.5. The van der Waals surface area contributed by atoms with E-state index in [4.69, 9.17) is 9.47 Å². The fourth-order valence-electron chi connectivity index (χ4n) is 2.03. The van der Waals surface area contributed by atoms with Crippen LogP contribution in [0.3, 0.4) is 0 Å². The van der Waals surface area contributed by atoms with Crippen LogP contribution in [0.5, 0.6) is 11.5 Å². The number of hydrogen-bond acceptors (Lipinski definition) is 5. The number of methoxy groups -OCH3 is 1. The standard InChI is InChI=1S/C16H13NO3S/c1-10-17-14-9-13(6-7-15(14)21-10)20-12-5-3-4-11(8-12)16(18)19-2/h3-9H,1-2H3. The fourth-order valence-corrected chi connectivity index (χ4v) is 2.83. The van der Waals surface area contributed by atoms with Gasteiger partial charge in [-0.1, -0.05) is 6.07 Å². The van der Waals surface area contributed by atoms with E-state index in [-0.39, 0.29) is 5.97 Å². The SMILES string of the molecule is COC(=O)c1cccc(Oc2ccc3sc(C)nc3c2)c1. The minimum absolute atomic E-state index is 0.383. The maximum Gasteiger partial charge on any atom is 0.337 e. The van der Waals surface area contributed by atoms with E-state index in [0.717, 1.165) is 15.2 Å². The van der Waals surface area contributed by atoms with Gasteiger partial charge >= 0.3 is 5.97 Å². The van der Waals surface area contributed by atoms with Gasteiger partial charge in [0.2, 0.25) is 0 Å². The van der Waals surface area contributed by atoms with Crippen molar-refractivity contribution in [3.05, 3.63) is 53.0 Å². The Kier molecular flexibility index (Phi) is 3.58. The molecule has 0 aliphatic carbocycles. The Labute approximate surface area is 126 Å². The van der Waals surface area contributed by atoms with Crippen LogP contribution in [-0.4, -0.2) is 18.1 Å². The molecule has 0 N–H and O–H groups in total. The van der Waals surface area contributed by atoms with Crippen LogP contribution in [0.15, 0.2) is 42.5 Å². The number of fused-ring (bicyclic) bond motifs is 1. The summed E-state index contributed by atoms with van der Waals surface area (Å²) < 4.78 is 11.6. The van der Waals surface area contributed by atoms with Gasteiger partial charge in [0.25, 0.3) is 0 Å². The molecule has 106 valence electrons. The highest BCUT2D eigenvalue weighted by atomic mass is 32.1. The number of ether oxygens (including phenoxy) is 2. The van der Waals surface area contributed by atoms with Gasteiger partial charge in [0.1, 0.15) is 11.5 Å². The second-order valence-electron chi connectivity index (χ2n) is 4.48. The van der Waals surface area contributed by atoms with E-state index in [0.29, 0.717) is 17.1 Å². The number of thiazole rings is 1. The molecular formula is C16H13NO3S. The third-order valence-electron chi connectivity index (χ3n) is 2.96. The number of aromatic nitrogens is 1. The van der Waals surface area contributed by atoms with E-state index >= 15 is 0 Å². The normalized spacial score (nSPS) is 10.6. The lowest BCUT2D eigenvalue weighted by Gasteiger charge is -2.07. The predicted octanol–water partition coefficient (Wildman–Crippen LogP) is 4.18. The molecule has 0 saturated carbocycles. The Balaban J connectivity index is 1.89. The molecule has 3 aromatic rings. The number of esters is 1. The molecule has 4 nitrogen and oxygen atoms in total. The van der Waals surface area contributed by atoms with Crippen molar-refractivity contribution in [2.24, 2.45) is 0 Å². The number of rotatable bonds is 3. The second kappa shape index (κ2) is 5.54. The summed E-state index contributed by atoms with van der Waals surface area (Å²) in [4.78, 5) is 15.9. The van der Waals surface area contributed by atoms with E-state index in [2.05, 4.69) is 4.98 Å². The largest absolute Gasteiger partial charge is 0.465 e. The topological polar surface area (TPSA) is 48.4 Å². The van der Waals surface area contributed by atoms with Gasteiger partial charge in [-0.05, 0) is 37.3 Å². The number of hydrogen-bond donors (Lipinski definition) is 0. The second-order valence-corrected chi connectivity index (χ2v) is 5.72. The molecule has 0 amide bonds. The van der Waals surface area contributed by atoms with Crippen molar-refractivity contribution in [3.8, 4) is 11.5 Å². The van der Waals surface area contributed by atoms with Gasteiger partial charge in [0.15, 0.2) is 0 Å². The molecular weight excluding hydrogens is 286 g/mol. The quantitative estimate of drug-likeness (QED) is 0.681. The molecule has 0 fully saturated rings. The van der Waals surface area contributed by atoms with Crippen molar-refractivity contribution in [3.63, 3.8) is 0 Å². The Morgan fingerprint density at radius 3 is 2.76 bits per heavy atom. The summed E-state index contributed by atoms with van der Waals surface area (Å²) in [6.45, 7) is 1.98. The van der Waals surface area contributed by atoms with Crippen molar-refractivity contribution in [1.82, 2.24) is 4.98 Å². The highest BCUT2D eigenvalue weighted by molar-refractivity contribution is 7.18. The van der Waals surface area contributed by atoms with E-state index in [1.165, 1.54) is 7.11 Å². The van der Waals surface area contributed by atoms with E-state index in [9.17, 15) is 4.79 Å². The lowest BCUT2D eigenvalue weighted by Crippen LogP contribution is -2.00. The number of carbonyl (C=O) groups is 1. The molecule has 0 aliphatic heterocycles. The van der Waals surface area contributed by atoms with Crippen LogP contribution in [0.4, 0.5) is 0 Å². The number of benzene rings is 2. The first-order valence-corrected chi connectivity index (χ1v) is 7.21. The summed E-state index contributed by atoms with van der Waals surface area (Å²) in [5.74, 6) is 0.894. The third-order valence-corrected chi connectivity index (χ3v) is 3.91. The Hall–Kier alpha value is -2.40. The van der Waals surface area contributed by atoms with Gasteiger partial charge in [-0.3, -0.25) is 0 Å². The number of aryl methyl sites for hydroxylation is 1. The Morgan fingerprint density at radius 1 is 1.14 bits per heavy atom. The zero-order valence-corrected chi connectivity index (χ0v) is 12.4. The summed E-state index contributed by atoms with van der Waals surface area (Å²) in [6.07, 6.45) is 0. The van der Waals surface area contributed by atoms with Gasteiger partial charge in [0, 0.05) is 6.07 Å². The lowest BCUT2D eigenvalue weighted by atomic mass is 10.2. The summed E-state index contributed by atoms with van der Waals surface area (Å²) in [6, 6.07) is 12.7. The molecule has 2 aromatic carbocycles. The molecule has 0 bridgehead atoms. The first kappa shape index (κ1) is 13.6. The Bertz CT molecular complexity index is 810. The van der Waals surface area contributed by atoms with Crippen LogP contribution in [0.1, 0.15) is 15.4 Å². The lowest BCUT2D eigenvalue weighted by molar-refractivity contribution is 0.0600. The zero-order valence-electron chi connectivity index (χ0n) is 11.6. The van der Waals surface area contributed by atoms with Gasteiger partial charge in [-0.25, -0.2) is 9.78 Å². The highest BCUT2D eigenvalue weighted by Crippen LogP contribution is 2.28. The van der Waals surface area contributed by atoms with Crippen LogP contribution in [0.25, 0.3) is 10.2 Å². The molecule has 1 heterocycles. The summed E-state index contributed by atoms with van der Waals surface area (Å²) in [7, 11) is 1.36. The van der Waals surface area contributed by atoms with Gasteiger partial charge in [-0.15, -0.1) is 11.3 Å². The van der Waals surface area contributed by atoms with Crippen LogP contribution < -0.4 is 4.74 Å². The first-order chi connectivity index (χ1) is 10.2. The fraction of sp³-hybridized carbons (Fsp3) is 0.125. The first-order valence-electron chi connectivity index (χ1n) is 6.39. The maximum atomic E-state index is 11.5. The highest BCUT2D eigenvalue weighted by Gasteiger charge is 2.08. The predicted molar refractivity (Wildman–Crippen MR) is 82.2 cm³/mol. The molecule has 0 unspecified atom stereocenters.